The van der Waals surface area contributed by atoms with Crippen LogP contribution in [-0.2, 0) is 12.8 Å². The Morgan fingerprint density at radius 2 is 2.05 bits per heavy atom. The van der Waals surface area contributed by atoms with Gasteiger partial charge in [-0.1, -0.05) is 19.1 Å². The molecule has 0 spiro atoms. The molecule has 4 heteroatoms. The van der Waals surface area contributed by atoms with Gasteiger partial charge < -0.3 is 5.32 Å². The van der Waals surface area contributed by atoms with Crippen molar-refractivity contribution in [3.8, 4) is 6.07 Å². The van der Waals surface area contributed by atoms with Gasteiger partial charge in [0.25, 0.3) is 5.91 Å². The van der Waals surface area contributed by atoms with Gasteiger partial charge in [0, 0.05) is 10.6 Å². The molecule has 0 saturated carbocycles. The van der Waals surface area contributed by atoms with Crippen LogP contribution in [0.2, 0.25) is 0 Å². The zero-order valence-corrected chi connectivity index (χ0v) is 12.4. The van der Waals surface area contributed by atoms with Gasteiger partial charge in [-0.05, 0) is 42.7 Å². The second-order valence-electron chi connectivity index (χ2n) is 4.56. The predicted octanol–water partition coefficient (Wildman–Crippen LogP) is 3.94. The van der Waals surface area contributed by atoms with Gasteiger partial charge in [-0.2, -0.15) is 5.26 Å². The molecule has 3 nitrogen and oxygen atoms in total. The molecule has 1 amide bonds. The molecule has 20 heavy (non-hydrogen) atoms. The van der Waals surface area contributed by atoms with Crippen LogP contribution in [0.25, 0.3) is 0 Å². The van der Waals surface area contributed by atoms with E-state index in [0.717, 1.165) is 22.5 Å². The van der Waals surface area contributed by atoms with Crippen molar-refractivity contribution in [1.29, 1.82) is 5.26 Å². The summed E-state index contributed by atoms with van der Waals surface area (Å²) in [6, 6.07) is 11.4. The van der Waals surface area contributed by atoms with Crippen molar-refractivity contribution in [3.63, 3.8) is 0 Å². The van der Waals surface area contributed by atoms with Crippen molar-refractivity contribution >= 4 is 22.9 Å². The van der Waals surface area contributed by atoms with Crippen LogP contribution in [0.5, 0.6) is 0 Å². The summed E-state index contributed by atoms with van der Waals surface area (Å²) < 4.78 is 0. The molecule has 0 aliphatic heterocycles. The van der Waals surface area contributed by atoms with E-state index < -0.39 is 0 Å². The zero-order chi connectivity index (χ0) is 14.5. The molecule has 0 bridgehead atoms. The lowest BCUT2D eigenvalue weighted by atomic mass is 10.1. The first-order chi connectivity index (χ1) is 9.63. The number of nitriles is 1. The maximum Gasteiger partial charge on any atom is 0.265 e. The van der Waals surface area contributed by atoms with E-state index >= 15 is 0 Å². The van der Waals surface area contributed by atoms with Gasteiger partial charge in [-0.25, -0.2) is 0 Å². The number of amides is 1. The minimum atomic E-state index is -0.0779. The third-order valence-corrected chi connectivity index (χ3v) is 4.44. The molecule has 102 valence electrons. The smallest absolute Gasteiger partial charge is 0.265 e. The highest BCUT2D eigenvalue weighted by molar-refractivity contribution is 7.14. The van der Waals surface area contributed by atoms with Crippen molar-refractivity contribution in [3.05, 3.63) is 51.2 Å². The number of benzene rings is 1. The number of carbonyl (C=O) groups excluding carboxylic acids is 1. The normalized spacial score (nSPS) is 10.1. The Labute approximate surface area is 122 Å². The number of aryl methyl sites for hydroxylation is 2. The van der Waals surface area contributed by atoms with Crippen LogP contribution >= 0.6 is 11.3 Å². The third-order valence-electron chi connectivity index (χ3n) is 3.06. The number of nitrogens with one attached hydrogen (secondary N) is 1. The molecule has 1 N–H and O–H groups in total. The molecule has 2 aromatic rings. The number of rotatable bonds is 4. The quantitative estimate of drug-likeness (QED) is 0.924. The summed E-state index contributed by atoms with van der Waals surface area (Å²) in [6.07, 6.45) is 1.34. The number of carbonyl (C=O) groups is 1. The van der Waals surface area contributed by atoms with Gasteiger partial charge in [0.05, 0.1) is 17.4 Å². The first kappa shape index (κ1) is 14.3. The zero-order valence-electron chi connectivity index (χ0n) is 11.6. The van der Waals surface area contributed by atoms with Gasteiger partial charge in [-0.15, -0.1) is 11.3 Å². The maximum absolute atomic E-state index is 12.2. The lowest BCUT2D eigenvalue weighted by Gasteiger charge is -2.04. The average molecular weight is 284 g/mol. The molecule has 1 aromatic carbocycles. The van der Waals surface area contributed by atoms with E-state index in [0.29, 0.717) is 6.42 Å². The Bertz CT molecular complexity index is 650. The Morgan fingerprint density at radius 3 is 2.60 bits per heavy atom. The molecule has 0 saturated heterocycles. The number of thiophene rings is 1. The van der Waals surface area contributed by atoms with Gasteiger partial charge in [0.2, 0.25) is 0 Å². The second kappa shape index (κ2) is 6.36. The summed E-state index contributed by atoms with van der Waals surface area (Å²) >= 11 is 1.54. The van der Waals surface area contributed by atoms with E-state index in [-0.39, 0.29) is 5.91 Å². The van der Waals surface area contributed by atoms with Crippen LogP contribution < -0.4 is 5.32 Å². The number of nitrogens with zero attached hydrogens (tertiary/aromatic N) is 1. The molecule has 0 aliphatic carbocycles. The first-order valence-corrected chi connectivity index (χ1v) is 7.32. The predicted molar refractivity (Wildman–Crippen MR) is 82.1 cm³/mol. The minimum absolute atomic E-state index is 0.0779. The van der Waals surface area contributed by atoms with Crippen LogP contribution in [0.15, 0.2) is 30.3 Å². The molecule has 2 rings (SSSR count). The summed E-state index contributed by atoms with van der Waals surface area (Å²) in [7, 11) is 0. The monoisotopic (exact) mass is 284 g/mol. The Kier molecular flexibility index (Phi) is 4.54. The molecular weight excluding hydrogens is 268 g/mol. The van der Waals surface area contributed by atoms with Crippen molar-refractivity contribution in [2.45, 2.75) is 26.7 Å². The van der Waals surface area contributed by atoms with Crippen LogP contribution in [-0.4, -0.2) is 5.91 Å². The van der Waals surface area contributed by atoms with Crippen molar-refractivity contribution in [1.82, 2.24) is 0 Å². The summed E-state index contributed by atoms with van der Waals surface area (Å²) in [4.78, 5) is 14.1. The van der Waals surface area contributed by atoms with Crippen molar-refractivity contribution in [2.75, 3.05) is 5.32 Å². The van der Waals surface area contributed by atoms with Crippen molar-refractivity contribution < 1.29 is 4.79 Å². The molecular formula is C16H16N2OS. The Morgan fingerprint density at radius 1 is 1.35 bits per heavy atom. The van der Waals surface area contributed by atoms with E-state index in [1.165, 1.54) is 10.4 Å². The fourth-order valence-corrected chi connectivity index (χ4v) is 2.98. The highest BCUT2D eigenvalue weighted by Gasteiger charge is 2.11. The number of hydrogen-bond donors (Lipinski definition) is 1. The van der Waals surface area contributed by atoms with Gasteiger partial charge in [-0.3, -0.25) is 4.79 Å². The molecule has 1 heterocycles. The van der Waals surface area contributed by atoms with E-state index in [9.17, 15) is 4.79 Å². The fourth-order valence-electron chi connectivity index (χ4n) is 1.97. The van der Waals surface area contributed by atoms with Crippen LogP contribution in [0.4, 0.5) is 5.69 Å². The van der Waals surface area contributed by atoms with E-state index in [2.05, 4.69) is 18.3 Å². The number of hydrogen-bond acceptors (Lipinski definition) is 3. The SMILES string of the molecule is CCc1sc(C(=O)Nc2ccc(CC#N)cc2)cc1C. The van der Waals surface area contributed by atoms with Crippen LogP contribution in [0, 0.1) is 18.3 Å². The minimum Gasteiger partial charge on any atom is -0.321 e. The second-order valence-corrected chi connectivity index (χ2v) is 5.69. The average Bonchev–Trinajstić information content (AvgIpc) is 2.82. The van der Waals surface area contributed by atoms with Gasteiger partial charge in [0.15, 0.2) is 0 Å². The summed E-state index contributed by atoms with van der Waals surface area (Å²) in [5, 5.41) is 11.5. The molecule has 1 aromatic heterocycles. The molecule has 0 fully saturated rings. The number of anilines is 1. The maximum atomic E-state index is 12.2. The molecule has 0 aliphatic rings. The Hall–Kier alpha value is -2.12. The summed E-state index contributed by atoms with van der Waals surface area (Å²) in [6.45, 7) is 4.12. The van der Waals surface area contributed by atoms with E-state index in [1.807, 2.05) is 37.3 Å². The lowest BCUT2D eigenvalue weighted by molar-refractivity contribution is 0.103. The highest BCUT2D eigenvalue weighted by Crippen LogP contribution is 2.23. The standard InChI is InChI=1S/C16H16N2OS/c1-3-14-11(2)10-15(20-14)16(19)18-13-6-4-12(5-7-13)8-9-17/h4-7,10H,3,8H2,1-2H3,(H,18,19). The molecule has 0 atom stereocenters. The molecule has 0 radical (unpaired) electrons. The largest absolute Gasteiger partial charge is 0.321 e. The van der Waals surface area contributed by atoms with Gasteiger partial charge >= 0.3 is 0 Å². The Balaban J connectivity index is 2.09. The van der Waals surface area contributed by atoms with E-state index in [4.69, 9.17) is 5.26 Å². The summed E-state index contributed by atoms with van der Waals surface area (Å²) in [5.74, 6) is -0.0779. The van der Waals surface area contributed by atoms with Crippen LogP contribution in [0.1, 0.15) is 32.6 Å². The molecule has 0 unspecified atom stereocenters. The van der Waals surface area contributed by atoms with Crippen LogP contribution in [0.3, 0.4) is 0 Å². The van der Waals surface area contributed by atoms with Gasteiger partial charge in [0.1, 0.15) is 0 Å². The first-order valence-electron chi connectivity index (χ1n) is 6.50. The topological polar surface area (TPSA) is 52.9 Å². The fraction of sp³-hybridized carbons (Fsp3) is 0.250. The summed E-state index contributed by atoms with van der Waals surface area (Å²) in [5.41, 5.74) is 2.87. The lowest BCUT2D eigenvalue weighted by Crippen LogP contribution is -2.09. The third kappa shape index (κ3) is 3.25. The van der Waals surface area contributed by atoms with Crippen molar-refractivity contribution in [2.24, 2.45) is 0 Å². The highest BCUT2D eigenvalue weighted by atomic mass is 32.1. The van der Waals surface area contributed by atoms with E-state index in [1.54, 1.807) is 11.3 Å².